The molecule has 0 saturated heterocycles. The third kappa shape index (κ3) is 4.00. The highest BCUT2D eigenvalue weighted by atomic mass is 16.5. The van der Waals surface area contributed by atoms with Crippen molar-refractivity contribution in [1.29, 1.82) is 0 Å². The minimum atomic E-state index is -0.190. The van der Waals surface area contributed by atoms with Crippen LogP contribution >= 0.6 is 0 Å². The summed E-state index contributed by atoms with van der Waals surface area (Å²) in [5.74, 6) is 1.12. The molecule has 27 heavy (non-hydrogen) atoms. The van der Waals surface area contributed by atoms with Crippen LogP contribution in [0, 0.1) is 0 Å². The second-order valence-corrected chi connectivity index (χ2v) is 5.69. The van der Waals surface area contributed by atoms with Crippen LogP contribution in [0.4, 0.5) is 0 Å². The highest BCUT2D eigenvalue weighted by molar-refractivity contribution is 6.07. The molecule has 0 spiro atoms. The molecule has 0 aliphatic rings. The average Bonchev–Trinajstić information content (AvgIpc) is 3.20. The van der Waals surface area contributed by atoms with E-state index in [1.807, 2.05) is 36.4 Å². The molecule has 0 aliphatic carbocycles. The van der Waals surface area contributed by atoms with Gasteiger partial charge >= 0.3 is 0 Å². The molecule has 138 valence electrons. The number of carbonyl (C=O) groups excluding carboxylic acids is 1. The van der Waals surface area contributed by atoms with E-state index in [0.29, 0.717) is 22.8 Å². The summed E-state index contributed by atoms with van der Waals surface area (Å²) in [6, 6.07) is 14.9. The first-order valence-electron chi connectivity index (χ1n) is 8.29. The highest BCUT2D eigenvalue weighted by Crippen LogP contribution is 2.38. The molecule has 3 rings (SSSR count). The van der Waals surface area contributed by atoms with Crippen molar-refractivity contribution in [2.45, 2.75) is 0 Å². The number of ether oxygens (including phenoxy) is 3. The van der Waals surface area contributed by atoms with Gasteiger partial charge in [0.1, 0.15) is 0 Å². The Balaban J connectivity index is 1.82. The Labute approximate surface area is 157 Å². The van der Waals surface area contributed by atoms with Crippen LogP contribution in [0.15, 0.2) is 54.6 Å². The molecule has 6 nitrogen and oxygen atoms in total. The maximum Gasteiger partial charge on any atom is 0.203 e. The molecule has 0 unspecified atom stereocenters. The molecule has 1 heterocycles. The number of nitrogens with one attached hydrogen (secondary N) is 1. The number of hydrogen-bond donors (Lipinski definition) is 1. The Hall–Kier alpha value is -3.54. The zero-order valence-electron chi connectivity index (χ0n) is 15.4. The van der Waals surface area contributed by atoms with Crippen LogP contribution < -0.4 is 14.2 Å². The van der Waals surface area contributed by atoms with Crippen LogP contribution in [-0.2, 0) is 0 Å². The third-order valence-electron chi connectivity index (χ3n) is 4.03. The lowest BCUT2D eigenvalue weighted by atomic mass is 10.1. The smallest absolute Gasteiger partial charge is 0.203 e. The molecular weight excluding hydrogens is 344 g/mol. The topological polar surface area (TPSA) is 73.4 Å². The van der Waals surface area contributed by atoms with Crippen LogP contribution in [0.2, 0.25) is 0 Å². The minimum Gasteiger partial charge on any atom is -0.493 e. The van der Waals surface area contributed by atoms with Crippen LogP contribution in [0.25, 0.3) is 17.3 Å². The van der Waals surface area contributed by atoms with E-state index in [4.69, 9.17) is 14.2 Å². The molecule has 0 radical (unpaired) electrons. The van der Waals surface area contributed by atoms with E-state index in [9.17, 15) is 4.79 Å². The van der Waals surface area contributed by atoms with E-state index in [0.717, 1.165) is 17.0 Å². The average molecular weight is 364 g/mol. The van der Waals surface area contributed by atoms with Gasteiger partial charge in [-0.15, -0.1) is 0 Å². The van der Waals surface area contributed by atoms with Crippen molar-refractivity contribution in [3.8, 4) is 28.5 Å². The van der Waals surface area contributed by atoms with Gasteiger partial charge in [0.05, 0.1) is 32.7 Å². The van der Waals surface area contributed by atoms with Gasteiger partial charge in [0, 0.05) is 11.1 Å². The van der Waals surface area contributed by atoms with Crippen molar-refractivity contribution < 1.29 is 19.0 Å². The van der Waals surface area contributed by atoms with E-state index in [1.54, 1.807) is 18.2 Å². The molecule has 2 aromatic carbocycles. The molecule has 0 saturated carbocycles. The van der Waals surface area contributed by atoms with Gasteiger partial charge in [-0.1, -0.05) is 30.3 Å². The first-order chi connectivity index (χ1) is 13.2. The minimum absolute atomic E-state index is 0.190. The molecule has 0 aliphatic heterocycles. The molecule has 6 heteroatoms. The van der Waals surface area contributed by atoms with Gasteiger partial charge in [0.2, 0.25) is 5.75 Å². The molecule has 0 atom stereocenters. The Morgan fingerprint density at radius 1 is 0.963 bits per heavy atom. The van der Waals surface area contributed by atoms with E-state index in [-0.39, 0.29) is 5.78 Å². The molecular formula is C21H20N2O4. The Bertz CT molecular complexity index is 936. The van der Waals surface area contributed by atoms with Crippen molar-refractivity contribution in [2.75, 3.05) is 21.3 Å². The zero-order chi connectivity index (χ0) is 19.2. The van der Waals surface area contributed by atoms with Gasteiger partial charge in [0.15, 0.2) is 17.3 Å². The summed E-state index contributed by atoms with van der Waals surface area (Å²) < 4.78 is 15.8. The summed E-state index contributed by atoms with van der Waals surface area (Å²) in [4.78, 5) is 12.6. The van der Waals surface area contributed by atoms with Gasteiger partial charge in [-0.3, -0.25) is 9.89 Å². The molecule has 1 N–H and O–H groups in total. The zero-order valence-corrected chi connectivity index (χ0v) is 15.4. The normalized spacial score (nSPS) is 10.8. The number of aromatic amines is 1. The fourth-order valence-corrected chi connectivity index (χ4v) is 2.66. The predicted octanol–water partition coefficient (Wildman–Crippen LogP) is 4.00. The van der Waals surface area contributed by atoms with Gasteiger partial charge in [0.25, 0.3) is 0 Å². The lowest BCUT2D eigenvalue weighted by Gasteiger charge is -2.13. The SMILES string of the molecule is COc1cc(C(=O)C=Cc2cc(-c3ccccc3)n[nH]2)cc(OC)c1OC. The maximum absolute atomic E-state index is 12.6. The summed E-state index contributed by atoms with van der Waals surface area (Å²) in [5, 5.41) is 7.19. The van der Waals surface area contributed by atoms with E-state index in [1.165, 1.54) is 27.4 Å². The summed E-state index contributed by atoms with van der Waals surface area (Å²) >= 11 is 0. The van der Waals surface area contributed by atoms with Crippen molar-refractivity contribution in [1.82, 2.24) is 10.2 Å². The molecule has 0 amide bonds. The second kappa shape index (κ2) is 8.23. The fourth-order valence-electron chi connectivity index (χ4n) is 2.66. The van der Waals surface area contributed by atoms with Crippen molar-refractivity contribution in [3.63, 3.8) is 0 Å². The predicted molar refractivity (Wildman–Crippen MR) is 103 cm³/mol. The van der Waals surface area contributed by atoms with Crippen LogP contribution in [0.3, 0.4) is 0 Å². The van der Waals surface area contributed by atoms with Crippen LogP contribution in [0.1, 0.15) is 16.1 Å². The van der Waals surface area contributed by atoms with E-state index in [2.05, 4.69) is 10.2 Å². The van der Waals surface area contributed by atoms with Gasteiger partial charge < -0.3 is 14.2 Å². The number of H-pyrrole nitrogens is 1. The molecule has 0 bridgehead atoms. The van der Waals surface area contributed by atoms with Crippen molar-refractivity contribution in [3.05, 3.63) is 65.9 Å². The van der Waals surface area contributed by atoms with Crippen LogP contribution in [-0.4, -0.2) is 37.3 Å². The number of allylic oxidation sites excluding steroid dienone is 1. The number of hydrogen-bond acceptors (Lipinski definition) is 5. The standard InChI is InChI=1S/C21H20N2O4/c1-25-19-11-15(12-20(26-2)21(19)27-3)18(24)10-9-16-13-17(23-22-16)14-7-5-4-6-8-14/h4-13H,1-3H3,(H,22,23). The molecule has 0 fully saturated rings. The largest absolute Gasteiger partial charge is 0.493 e. The molecule has 3 aromatic rings. The van der Waals surface area contributed by atoms with Crippen molar-refractivity contribution in [2.24, 2.45) is 0 Å². The quantitative estimate of drug-likeness (QED) is 0.507. The van der Waals surface area contributed by atoms with Gasteiger partial charge in [-0.05, 0) is 30.4 Å². The Kier molecular flexibility index (Phi) is 5.56. The van der Waals surface area contributed by atoms with Gasteiger partial charge in [-0.2, -0.15) is 5.10 Å². The first-order valence-corrected chi connectivity index (χ1v) is 8.29. The number of carbonyl (C=O) groups is 1. The van der Waals surface area contributed by atoms with E-state index < -0.39 is 0 Å². The summed E-state index contributed by atoms with van der Waals surface area (Å²) in [7, 11) is 4.54. The number of aromatic nitrogens is 2. The first kappa shape index (κ1) is 18.3. The molecule has 1 aromatic heterocycles. The van der Waals surface area contributed by atoms with Crippen LogP contribution in [0.5, 0.6) is 17.2 Å². The van der Waals surface area contributed by atoms with Gasteiger partial charge in [-0.25, -0.2) is 0 Å². The number of benzene rings is 2. The number of methoxy groups -OCH3 is 3. The monoisotopic (exact) mass is 364 g/mol. The second-order valence-electron chi connectivity index (χ2n) is 5.69. The van der Waals surface area contributed by atoms with E-state index >= 15 is 0 Å². The lowest BCUT2D eigenvalue weighted by molar-refractivity contribution is 0.104. The fraction of sp³-hybridized carbons (Fsp3) is 0.143. The van der Waals surface area contributed by atoms with Crippen molar-refractivity contribution >= 4 is 11.9 Å². The highest BCUT2D eigenvalue weighted by Gasteiger charge is 2.15. The maximum atomic E-state index is 12.6. The summed E-state index contributed by atoms with van der Waals surface area (Å²) in [6.07, 6.45) is 3.16. The Morgan fingerprint density at radius 2 is 1.63 bits per heavy atom. The number of nitrogens with zero attached hydrogens (tertiary/aromatic N) is 1. The number of rotatable bonds is 7. The summed E-state index contributed by atoms with van der Waals surface area (Å²) in [5.41, 5.74) is 2.98. The lowest BCUT2D eigenvalue weighted by Crippen LogP contribution is -2.00. The third-order valence-corrected chi connectivity index (χ3v) is 4.03. The Morgan fingerprint density at radius 3 is 2.22 bits per heavy atom. The summed E-state index contributed by atoms with van der Waals surface area (Å²) in [6.45, 7) is 0. The number of ketones is 1.